The maximum atomic E-state index is 12.8. The molecule has 6 nitrogen and oxygen atoms in total. The molecule has 0 spiro atoms. The van der Waals surface area contributed by atoms with E-state index in [0.717, 1.165) is 5.56 Å². The van der Waals surface area contributed by atoms with Gasteiger partial charge >= 0.3 is 0 Å². The number of likely N-dealkylation sites (N-methyl/N-ethyl adjacent to an activating group) is 1. The highest BCUT2D eigenvalue weighted by atomic mass is 32.2. The zero-order chi connectivity index (χ0) is 16.2. The van der Waals surface area contributed by atoms with Crippen LogP contribution < -0.4 is 11.1 Å². The number of hydrogen-bond acceptors (Lipinski definition) is 4. The van der Waals surface area contributed by atoms with Crippen LogP contribution in [0.1, 0.15) is 24.5 Å². The molecule has 21 heavy (non-hydrogen) atoms. The Morgan fingerprint density at radius 3 is 2.48 bits per heavy atom. The van der Waals surface area contributed by atoms with Crippen LogP contribution in [0, 0.1) is 13.8 Å². The lowest BCUT2D eigenvalue weighted by Crippen LogP contribution is -2.40. The third-order valence-electron chi connectivity index (χ3n) is 3.23. The first kappa shape index (κ1) is 17.5. The molecule has 0 radical (unpaired) electrons. The molecule has 0 heterocycles. The second kappa shape index (κ2) is 6.91. The molecule has 3 N–H and O–H groups in total. The molecule has 1 amide bonds. The molecule has 1 aromatic carbocycles. The van der Waals surface area contributed by atoms with Crippen molar-refractivity contribution in [3.63, 3.8) is 0 Å². The minimum absolute atomic E-state index is 0.164. The number of nitrogens with two attached hydrogens (primary N) is 1. The lowest BCUT2D eigenvalue weighted by molar-refractivity contribution is -0.120. The normalized spacial score (nSPS) is 11.7. The summed E-state index contributed by atoms with van der Waals surface area (Å²) in [6.07, 6.45) is 0.622. The average molecular weight is 313 g/mol. The molecule has 0 bridgehead atoms. The van der Waals surface area contributed by atoms with E-state index < -0.39 is 10.0 Å². The highest BCUT2D eigenvalue weighted by Gasteiger charge is 2.28. The Bertz CT molecular complexity index is 627. The molecule has 0 atom stereocenters. The lowest BCUT2D eigenvalue weighted by atomic mass is 10.1. The number of sulfonamides is 1. The van der Waals surface area contributed by atoms with Gasteiger partial charge < -0.3 is 11.1 Å². The van der Waals surface area contributed by atoms with E-state index in [1.165, 1.54) is 11.4 Å². The van der Waals surface area contributed by atoms with Crippen LogP contribution in [0.3, 0.4) is 0 Å². The van der Waals surface area contributed by atoms with Crippen molar-refractivity contribution in [3.05, 3.63) is 23.3 Å². The standard InChI is InChI=1S/C14H23N3O3S/c1-5-6-17(9-14(18)16-4)21(19,20)13-8-10(2)7-12(15)11(13)3/h7-8H,5-6,9,15H2,1-4H3,(H,16,18). The summed E-state index contributed by atoms with van der Waals surface area (Å²) in [7, 11) is -2.27. The third kappa shape index (κ3) is 3.95. The predicted octanol–water partition coefficient (Wildman–Crippen LogP) is 1.03. The minimum atomic E-state index is -3.75. The van der Waals surface area contributed by atoms with Gasteiger partial charge in [-0.05, 0) is 43.5 Å². The van der Waals surface area contributed by atoms with Gasteiger partial charge in [-0.1, -0.05) is 6.92 Å². The summed E-state index contributed by atoms with van der Waals surface area (Å²) in [6.45, 7) is 5.41. The zero-order valence-corrected chi connectivity index (χ0v) is 13.8. The van der Waals surface area contributed by atoms with Gasteiger partial charge in [-0.2, -0.15) is 4.31 Å². The molecule has 0 aliphatic carbocycles. The Hall–Kier alpha value is -1.60. The Morgan fingerprint density at radius 1 is 1.33 bits per heavy atom. The highest BCUT2D eigenvalue weighted by molar-refractivity contribution is 7.89. The maximum Gasteiger partial charge on any atom is 0.243 e. The second-order valence-electron chi connectivity index (χ2n) is 4.99. The number of hydrogen-bond donors (Lipinski definition) is 2. The van der Waals surface area contributed by atoms with E-state index in [1.807, 2.05) is 6.92 Å². The molecule has 0 aliphatic heterocycles. The van der Waals surface area contributed by atoms with E-state index in [-0.39, 0.29) is 23.9 Å². The molecule has 1 rings (SSSR count). The van der Waals surface area contributed by atoms with E-state index >= 15 is 0 Å². The smallest absolute Gasteiger partial charge is 0.243 e. The van der Waals surface area contributed by atoms with Crippen LogP contribution in [0.15, 0.2) is 17.0 Å². The van der Waals surface area contributed by atoms with Crippen LogP contribution in [0.4, 0.5) is 5.69 Å². The lowest BCUT2D eigenvalue weighted by Gasteiger charge is -2.22. The van der Waals surface area contributed by atoms with Gasteiger partial charge in [0.15, 0.2) is 0 Å². The quantitative estimate of drug-likeness (QED) is 0.767. The number of carbonyl (C=O) groups excluding carboxylic acids is 1. The van der Waals surface area contributed by atoms with Crippen molar-refractivity contribution in [3.8, 4) is 0 Å². The number of aryl methyl sites for hydroxylation is 1. The van der Waals surface area contributed by atoms with Gasteiger partial charge in [-0.25, -0.2) is 8.42 Å². The number of benzene rings is 1. The summed E-state index contributed by atoms with van der Waals surface area (Å²) in [5.74, 6) is -0.342. The summed E-state index contributed by atoms with van der Waals surface area (Å²) in [5.41, 5.74) is 7.58. The van der Waals surface area contributed by atoms with Crippen molar-refractivity contribution >= 4 is 21.6 Å². The molecular weight excluding hydrogens is 290 g/mol. The van der Waals surface area contributed by atoms with Crippen molar-refractivity contribution < 1.29 is 13.2 Å². The number of carbonyl (C=O) groups is 1. The average Bonchev–Trinajstić information content (AvgIpc) is 2.41. The first-order chi connectivity index (χ1) is 9.73. The summed E-state index contributed by atoms with van der Waals surface area (Å²) < 4.78 is 26.8. The molecule has 0 aromatic heterocycles. The highest BCUT2D eigenvalue weighted by Crippen LogP contribution is 2.26. The number of rotatable bonds is 6. The molecule has 0 saturated carbocycles. The number of nitrogens with zero attached hydrogens (tertiary/aromatic N) is 1. The fraction of sp³-hybridized carbons (Fsp3) is 0.500. The molecule has 0 aliphatic rings. The number of nitrogen functional groups attached to an aromatic ring is 1. The van der Waals surface area contributed by atoms with Gasteiger partial charge in [0, 0.05) is 19.3 Å². The maximum absolute atomic E-state index is 12.8. The molecular formula is C14H23N3O3S. The summed E-state index contributed by atoms with van der Waals surface area (Å²) in [6, 6.07) is 3.32. The molecule has 7 heteroatoms. The van der Waals surface area contributed by atoms with Crippen LogP contribution in [-0.4, -0.2) is 38.8 Å². The van der Waals surface area contributed by atoms with Gasteiger partial charge in [0.25, 0.3) is 0 Å². The first-order valence-corrected chi connectivity index (χ1v) is 8.25. The van der Waals surface area contributed by atoms with Crippen molar-refractivity contribution in [2.45, 2.75) is 32.1 Å². The van der Waals surface area contributed by atoms with Crippen molar-refractivity contribution in [2.75, 3.05) is 25.9 Å². The molecule has 118 valence electrons. The first-order valence-electron chi connectivity index (χ1n) is 6.81. The Balaban J connectivity index is 3.32. The number of anilines is 1. The fourth-order valence-electron chi connectivity index (χ4n) is 2.03. The van der Waals surface area contributed by atoms with Gasteiger partial charge in [0.2, 0.25) is 15.9 Å². The summed E-state index contributed by atoms with van der Waals surface area (Å²) >= 11 is 0. The van der Waals surface area contributed by atoms with Crippen LogP contribution in [-0.2, 0) is 14.8 Å². The monoisotopic (exact) mass is 313 g/mol. The van der Waals surface area contributed by atoms with Crippen molar-refractivity contribution in [2.24, 2.45) is 0 Å². The van der Waals surface area contributed by atoms with Gasteiger partial charge in [0.1, 0.15) is 0 Å². The zero-order valence-electron chi connectivity index (χ0n) is 12.9. The Labute approximate surface area is 126 Å². The topological polar surface area (TPSA) is 92.5 Å². The third-order valence-corrected chi connectivity index (χ3v) is 5.21. The van der Waals surface area contributed by atoms with Crippen molar-refractivity contribution in [1.29, 1.82) is 0 Å². The molecule has 0 saturated heterocycles. The molecule has 1 aromatic rings. The molecule has 0 fully saturated rings. The van der Waals surface area contributed by atoms with E-state index in [4.69, 9.17) is 5.73 Å². The summed E-state index contributed by atoms with van der Waals surface area (Å²) in [5, 5.41) is 2.45. The second-order valence-corrected chi connectivity index (χ2v) is 6.90. The van der Waals surface area contributed by atoms with Crippen LogP contribution >= 0.6 is 0 Å². The van der Waals surface area contributed by atoms with E-state index in [2.05, 4.69) is 5.32 Å². The van der Waals surface area contributed by atoms with Crippen LogP contribution in [0.2, 0.25) is 0 Å². The van der Waals surface area contributed by atoms with E-state index in [9.17, 15) is 13.2 Å². The van der Waals surface area contributed by atoms with Gasteiger partial charge in [-0.15, -0.1) is 0 Å². The minimum Gasteiger partial charge on any atom is -0.398 e. The number of nitrogens with one attached hydrogen (secondary N) is 1. The van der Waals surface area contributed by atoms with E-state index in [0.29, 0.717) is 17.7 Å². The fourth-order valence-corrected chi connectivity index (χ4v) is 3.86. The van der Waals surface area contributed by atoms with Crippen molar-refractivity contribution in [1.82, 2.24) is 9.62 Å². The Morgan fingerprint density at radius 2 is 1.95 bits per heavy atom. The van der Waals surface area contributed by atoms with E-state index in [1.54, 1.807) is 26.0 Å². The number of amides is 1. The molecule has 0 unspecified atom stereocenters. The Kier molecular flexibility index (Phi) is 5.74. The van der Waals surface area contributed by atoms with Crippen LogP contribution in [0.25, 0.3) is 0 Å². The van der Waals surface area contributed by atoms with Crippen LogP contribution in [0.5, 0.6) is 0 Å². The predicted molar refractivity (Wildman–Crippen MR) is 83.4 cm³/mol. The van der Waals surface area contributed by atoms with Gasteiger partial charge in [0.05, 0.1) is 11.4 Å². The summed E-state index contributed by atoms with van der Waals surface area (Å²) in [4.78, 5) is 11.7. The SMILES string of the molecule is CCCN(CC(=O)NC)S(=O)(=O)c1cc(C)cc(N)c1C. The largest absolute Gasteiger partial charge is 0.398 e. The van der Waals surface area contributed by atoms with Gasteiger partial charge in [-0.3, -0.25) is 4.79 Å².